The van der Waals surface area contributed by atoms with Gasteiger partial charge in [-0.25, -0.2) is 13.2 Å². The van der Waals surface area contributed by atoms with E-state index in [-0.39, 0.29) is 10.9 Å². The van der Waals surface area contributed by atoms with Crippen LogP contribution >= 0.6 is 0 Å². The van der Waals surface area contributed by atoms with Gasteiger partial charge in [0.2, 0.25) is 0 Å². The van der Waals surface area contributed by atoms with Crippen molar-refractivity contribution in [3.8, 4) is 5.75 Å². The predicted octanol–water partition coefficient (Wildman–Crippen LogP) is 0.511. The number of benzene rings is 1. The lowest BCUT2D eigenvalue weighted by atomic mass is 10.3. The fourth-order valence-electron chi connectivity index (χ4n) is 1.99. The number of morpholine rings is 1. The molecule has 1 aliphatic heterocycles. The normalized spacial score (nSPS) is 15.4. The third kappa shape index (κ3) is 4.88. The molecule has 1 saturated heterocycles. The highest BCUT2D eigenvalue weighted by Gasteiger charge is 2.15. The Hall–Kier alpha value is -1.80. The lowest BCUT2D eigenvalue weighted by Gasteiger charge is -2.26. The Balaban J connectivity index is 1.71. The molecule has 0 bridgehead atoms. The molecule has 122 valence electrons. The van der Waals surface area contributed by atoms with E-state index in [0.29, 0.717) is 45.2 Å². The number of ether oxygens (including phenoxy) is 2. The summed E-state index contributed by atoms with van der Waals surface area (Å²) in [5.74, 6) is 0.563. The number of carbonyl (C=O) groups is 1. The third-order valence-electron chi connectivity index (χ3n) is 3.20. The first kappa shape index (κ1) is 16.6. The van der Waals surface area contributed by atoms with Gasteiger partial charge in [-0.15, -0.1) is 0 Å². The van der Waals surface area contributed by atoms with Gasteiger partial charge in [0, 0.05) is 19.3 Å². The average Bonchev–Trinajstić information content (AvgIpc) is 2.52. The van der Waals surface area contributed by atoms with Crippen LogP contribution in [0.5, 0.6) is 5.75 Å². The molecule has 8 heteroatoms. The molecule has 0 spiro atoms. The van der Waals surface area contributed by atoms with E-state index in [4.69, 9.17) is 9.47 Å². The molecule has 2 amide bonds. The Morgan fingerprint density at radius 2 is 1.91 bits per heavy atom. The monoisotopic (exact) mass is 328 g/mol. The molecule has 2 rings (SSSR count). The van der Waals surface area contributed by atoms with Gasteiger partial charge in [0.25, 0.3) is 0 Å². The molecule has 0 saturated carbocycles. The van der Waals surface area contributed by atoms with Crippen LogP contribution in [0.25, 0.3) is 0 Å². The van der Waals surface area contributed by atoms with E-state index in [0.717, 1.165) is 6.26 Å². The second kappa shape index (κ2) is 7.46. The molecule has 0 radical (unpaired) electrons. The lowest BCUT2D eigenvalue weighted by molar-refractivity contribution is 0.0530. The van der Waals surface area contributed by atoms with Crippen molar-refractivity contribution in [3.05, 3.63) is 24.3 Å². The van der Waals surface area contributed by atoms with Crippen molar-refractivity contribution in [3.63, 3.8) is 0 Å². The van der Waals surface area contributed by atoms with Crippen molar-refractivity contribution in [2.75, 3.05) is 45.7 Å². The van der Waals surface area contributed by atoms with Crippen LogP contribution in [0.15, 0.2) is 29.2 Å². The Kier molecular flexibility index (Phi) is 5.62. The van der Waals surface area contributed by atoms with Gasteiger partial charge in [-0.1, -0.05) is 0 Å². The van der Waals surface area contributed by atoms with Crippen LogP contribution in [0.4, 0.5) is 4.79 Å². The van der Waals surface area contributed by atoms with E-state index in [2.05, 4.69) is 5.32 Å². The van der Waals surface area contributed by atoms with Crippen molar-refractivity contribution in [1.29, 1.82) is 0 Å². The van der Waals surface area contributed by atoms with Gasteiger partial charge in [0.15, 0.2) is 9.84 Å². The Bertz CT molecular complexity index is 594. The van der Waals surface area contributed by atoms with Crippen molar-refractivity contribution in [2.24, 2.45) is 0 Å². The average molecular weight is 328 g/mol. The van der Waals surface area contributed by atoms with E-state index in [1.807, 2.05) is 0 Å². The summed E-state index contributed by atoms with van der Waals surface area (Å²) < 4.78 is 33.3. The minimum Gasteiger partial charge on any atom is -0.492 e. The van der Waals surface area contributed by atoms with Crippen LogP contribution in [0.3, 0.4) is 0 Å². The highest BCUT2D eigenvalue weighted by molar-refractivity contribution is 7.90. The molecule has 1 fully saturated rings. The largest absolute Gasteiger partial charge is 0.492 e. The number of carbonyl (C=O) groups excluding carboxylic acids is 1. The zero-order valence-corrected chi connectivity index (χ0v) is 13.3. The quantitative estimate of drug-likeness (QED) is 0.796. The number of amides is 2. The topological polar surface area (TPSA) is 84.9 Å². The molecule has 1 N–H and O–H groups in total. The number of hydrogen-bond donors (Lipinski definition) is 1. The Morgan fingerprint density at radius 1 is 1.27 bits per heavy atom. The molecule has 1 aromatic carbocycles. The van der Waals surface area contributed by atoms with E-state index >= 15 is 0 Å². The maximum Gasteiger partial charge on any atom is 0.317 e. The molecule has 1 aromatic rings. The molecular formula is C14H20N2O5S. The number of nitrogens with one attached hydrogen (secondary N) is 1. The Labute approximate surface area is 130 Å². The van der Waals surface area contributed by atoms with Gasteiger partial charge >= 0.3 is 6.03 Å². The fourth-order valence-corrected chi connectivity index (χ4v) is 2.62. The van der Waals surface area contributed by atoms with Crippen molar-refractivity contribution < 1.29 is 22.7 Å². The zero-order chi connectivity index (χ0) is 16.0. The fraction of sp³-hybridized carbons (Fsp3) is 0.500. The molecule has 1 aliphatic rings. The summed E-state index contributed by atoms with van der Waals surface area (Å²) in [5.41, 5.74) is 0. The van der Waals surface area contributed by atoms with E-state index < -0.39 is 9.84 Å². The van der Waals surface area contributed by atoms with Crippen molar-refractivity contribution in [1.82, 2.24) is 10.2 Å². The lowest BCUT2D eigenvalue weighted by Crippen LogP contribution is -2.47. The van der Waals surface area contributed by atoms with Crippen molar-refractivity contribution in [2.45, 2.75) is 4.90 Å². The maximum absolute atomic E-state index is 11.8. The van der Waals surface area contributed by atoms with E-state index in [1.165, 1.54) is 12.1 Å². The second-order valence-corrected chi connectivity index (χ2v) is 6.94. The third-order valence-corrected chi connectivity index (χ3v) is 4.33. The number of nitrogens with zero attached hydrogens (tertiary/aromatic N) is 1. The zero-order valence-electron chi connectivity index (χ0n) is 12.4. The number of urea groups is 1. The number of rotatable bonds is 5. The first-order chi connectivity index (χ1) is 10.5. The molecule has 0 unspecified atom stereocenters. The van der Waals surface area contributed by atoms with Gasteiger partial charge < -0.3 is 19.7 Å². The molecular weight excluding hydrogens is 308 g/mol. The molecule has 7 nitrogen and oxygen atoms in total. The first-order valence-corrected chi connectivity index (χ1v) is 8.89. The van der Waals surface area contributed by atoms with E-state index in [1.54, 1.807) is 17.0 Å². The summed E-state index contributed by atoms with van der Waals surface area (Å²) in [6.07, 6.45) is 1.16. The smallest absolute Gasteiger partial charge is 0.317 e. The molecule has 0 atom stereocenters. The predicted molar refractivity (Wildman–Crippen MR) is 80.8 cm³/mol. The van der Waals surface area contributed by atoms with Crippen LogP contribution in [0.1, 0.15) is 0 Å². The summed E-state index contributed by atoms with van der Waals surface area (Å²) in [5, 5.41) is 2.77. The van der Waals surface area contributed by atoms with Crippen molar-refractivity contribution >= 4 is 15.9 Å². The van der Waals surface area contributed by atoms with E-state index in [9.17, 15) is 13.2 Å². The summed E-state index contributed by atoms with van der Waals surface area (Å²) >= 11 is 0. The van der Waals surface area contributed by atoms with Gasteiger partial charge in [-0.3, -0.25) is 0 Å². The number of hydrogen-bond acceptors (Lipinski definition) is 5. The summed E-state index contributed by atoms with van der Waals surface area (Å²) in [7, 11) is -3.20. The van der Waals surface area contributed by atoms with Gasteiger partial charge in [0.05, 0.1) is 24.7 Å². The highest BCUT2D eigenvalue weighted by Crippen LogP contribution is 2.15. The first-order valence-electron chi connectivity index (χ1n) is 7.00. The van der Waals surface area contributed by atoms with Crippen LogP contribution in [-0.4, -0.2) is 65.1 Å². The minimum absolute atomic E-state index is 0.126. The second-order valence-electron chi connectivity index (χ2n) is 4.92. The Morgan fingerprint density at radius 3 is 2.50 bits per heavy atom. The minimum atomic E-state index is -3.20. The van der Waals surface area contributed by atoms with Gasteiger partial charge in [-0.2, -0.15) is 0 Å². The highest BCUT2D eigenvalue weighted by atomic mass is 32.2. The van der Waals surface area contributed by atoms with Crippen LogP contribution in [-0.2, 0) is 14.6 Å². The maximum atomic E-state index is 11.8. The number of sulfone groups is 1. The summed E-state index contributed by atoms with van der Waals surface area (Å²) in [4.78, 5) is 13.8. The van der Waals surface area contributed by atoms with Crippen LogP contribution < -0.4 is 10.1 Å². The molecule has 22 heavy (non-hydrogen) atoms. The molecule has 0 aliphatic carbocycles. The molecule has 1 heterocycles. The van der Waals surface area contributed by atoms with Crippen LogP contribution in [0.2, 0.25) is 0 Å². The van der Waals surface area contributed by atoms with Gasteiger partial charge in [-0.05, 0) is 24.3 Å². The van der Waals surface area contributed by atoms with Crippen LogP contribution in [0, 0.1) is 0 Å². The standard InChI is InChI=1S/C14H20N2O5S/c1-22(18,19)13-4-2-12(3-5-13)21-9-6-15-14(17)16-7-10-20-11-8-16/h2-5H,6-11H2,1H3,(H,15,17). The SMILES string of the molecule is CS(=O)(=O)c1ccc(OCCNC(=O)N2CCOCC2)cc1. The summed E-state index contributed by atoms with van der Waals surface area (Å²) in [6.45, 7) is 3.02. The summed E-state index contributed by atoms with van der Waals surface area (Å²) in [6, 6.07) is 6.06. The van der Waals surface area contributed by atoms with Gasteiger partial charge in [0.1, 0.15) is 12.4 Å². The molecule has 0 aromatic heterocycles.